The standard InChI is InChI=1S/C15H26N2O3/c1-2-6-15(13(18)19)7-10-17(11-8-15)14(20)16-9-5-12-3-4-12/h12H,2-11H2,1H3,(H,16,20)(H,18,19). The number of likely N-dealkylation sites (tertiary alicyclic amines) is 1. The van der Waals surface area contributed by atoms with Gasteiger partial charge in [0.05, 0.1) is 5.41 Å². The van der Waals surface area contributed by atoms with E-state index in [0.717, 1.165) is 25.3 Å². The minimum atomic E-state index is -0.701. The number of nitrogens with one attached hydrogen (secondary N) is 1. The molecule has 0 aromatic carbocycles. The SMILES string of the molecule is CCCC1(C(=O)O)CCN(C(=O)NCCC2CC2)CC1. The zero-order valence-corrected chi connectivity index (χ0v) is 12.4. The average Bonchev–Trinajstić information content (AvgIpc) is 3.23. The fraction of sp³-hybridized carbons (Fsp3) is 0.867. The molecule has 0 radical (unpaired) electrons. The summed E-state index contributed by atoms with van der Waals surface area (Å²) in [6.07, 6.45) is 6.42. The number of carbonyl (C=O) groups excluding carboxylic acids is 1. The minimum absolute atomic E-state index is 0.0267. The molecule has 1 heterocycles. The lowest BCUT2D eigenvalue weighted by molar-refractivity contribution is -0.152. The average molecular weight is 282 g/mol. The molecule has 5 heteroatoms. The Kier molecular flexibility index (Phi) is 4.89. The zero-order chi connectivity index (χ0) is 14.6. The molecular weight excluding hydrogens is 256 g/mol. The van der Waals surface area contributed by atoms with Crippen LogP contribution < -0.4 is 5.32 Å². The number of amides is 2. The van der Waals surface area contributed by atoms with Crippen LogP contribution in [0.1, 0.15) is 51.9 Å². The number of carboxylic acids is 1. The van der Waals surface area contributed by atoms with Gasteiger partial charge in [-0.2, -0.15) is 0 Å². The largest absolute Gasteiger partial charge is 0.481 e. The number of piperidine rings is 1. The van der Waals surface area contributed by atoms with Gasteiger partial charge in [0.2, 0.25) is 0 Å². The molecule has 20 heavy (non-hydrogen) atoms. The number of aliphatic carboxylic acids is 1. The molecule has 1 aliphatic carbocycles. The summed E-state index contributed by atoms with van der Waals surface area (Å²) in [5.74, 6) is 0.119. The first-order valence-corrected chi connectivity index (χ1v) is 7.83. The Morgan fingerprint density at radius 3 is 2.45 bits per heavy atom. The van der Waals surface area contributed by atoms with Gasteiger partial charge in [-0.25, -0.2) is 4.79 Å². The van der Waals surface area contributed by atoms with Crippen LogP contribution in [0.3, 0.4) is 0 Å². The van der Waals surface area contributed by atoms with E-state index in [1.165, 1.54) is 12.8 Å². The third kappa shape index (κ3) is 3.64. The number of urea groups is 1. The van der Waals surface area contributed by atoms with Crippen molar-refractivity contribution in [2.45, 2.75) is 51.9 Å². The summed E-state index contributed by atoms with van der Waals surface area (Å²) in [6.45, 7) is 3.88. The van der Waals surface area contributed by atoms with Crippen molar-refractivity contribution in [2.75, 3.05) is 19.6 Å². The van der Waals surface area contributed by atoms with Crippen LogP contribution >= 0.6 is 0 Å². The van der Waals surface area contributed by atoms with E-state index in [2.05, 4.69) is 5.32 Å². The molecule has 1 saturated carbocycles. The van der Waals surface area contributed by atoms with Crippen LogP contribution in [-0.4, -0.2) is 41.6 Å². The van der Waals surface area contributed by atoms with Crippen LogP contribution in [0.5, 0.6) is 0 Å². The van der Waals surface area contributed by atoms with Crippen LogP contribution in [0.2, 0.25) is 0 Å². The maximum absolute atomic E-state index is 12.0. The summed E-state index contributed by atoms with van der Waals surface area (Å²) in [6, 6.07) is -0.0267. The predicted molar refractivity (Wildman–Crippen MR) is 76.5 cm³/mol. The normalized spacial score (nSPS) is 21.6. The quantitative estimate of drug-likeness (QED) is 0.786. The first-order valence-electron chi connectivity index (χ1n) is 7.83. The van der Waals surface area contributed by atoms with E-state index >= 15 is 0 Å². The lowest BCUT2D eigenvalue weighted by atomic mass is 9.75. The van der Waals surface area contributed by atoms with Crippen molar-refractivity contribution >= 4 is 12.0 Å². The molecule has 0 spiro atoms. The van der Waals surface area contributed by atoms with Crippen LogP contribution in [-0.2, 0) is 4.79 Å². The van der Waals surface area contributed by atoms with Crippen molar-refractivity contribution in [3.63, 3.8) is 0 Å². The Morgan fingerprint density at radius 2 is 1.95 bits per heavy atom. The fourth-order valence-corrected chi connectivity index (χ4v) is 3.09. The Bertz CT molecular complexity index is 358. The van der Waals surface area contributed by atoms with Gasteiger partial charge in [0.15, 0.2) is 0 Å². The van der Waals surface area contributed by atoms with Crippen molar-refractivity contribution in [1.29, 1.82) is 0 Å². The number of rotatable bonds is 6. The highest BCUT2D eigenvalue weighted by Crippen LogP contribution is 2.36. The summed E-state index contributed by atoms with van der Waals surface area (Å²) in [5, 5.41) is 12.4. The summed E-state index contributed by atoms with van der Waals surface area (Å²) < 4.78 is 0. The van der Waals surface area contributed by atoms with Crippen molar-refractivity contribution in [3.05, 3.63) is 0 Å². The number of hydrogen-bond donors (Lipinski definition) is 2. The third-order valence-corrected chi connectivity index (χ3v) is 4.72. The molecule has 0 bridgehead atoms. The Hall–Kier alpha value is -1.26. The summed E-state index contributed by atoms with van der Waals surface area (Å²) in [5.41, 5.74) is -0.612. The summed E-state index contributed by atoms with van der Waals surface area (Å²) in [4.78, 5) is 25.3. The van der Waals surface area contributed by atoms with Gasteiger partial charge >= 0.3 is 12.0 Å². The molecule has 114 valence electrons. The van der Waals surface area contributed by atoms with Gasteiger partial charge in [-0.3, -0.25) is 4.79 Å². The highest BCUT2D eigenvalue weighted by atomic mass is 16.4. The van der Waals surface area contributed by atoms with Crippen molar-refractivity contribution in [1.82, 2.24) is 10.2 Å². The van der Waals surface area contributed by atoms with Gasteiger partial charge in [-0.05, 0) is 31.6 Å². The maximum Gasteiger partial charge on any atom is 0.317 e. The van der Waals surface area contributed by atoms with E-state index in [4.69, 9.17) is 0 Å². The molecule has 2 aliphatic rings. The highest BCUT2D eigenvalue weighted by Gasteiger charge is 2.41. The van der Waals surface area contributed by atoms with Gasteiger partial charge in [0, 0.05) is 19.6 Å². The smallest absolute Gasteiger partial charge is 0.317 e. The van der Waals surface area contributed by atoms with Crippen LogP contribution in [0.4, 0.5) is 4.79 Å². The van der Waals surface area contributed by atoms with E-state index in [9.17, 15) is 14.7 Å². The second-order valence-electron chi connectivity index (χ2n) is 6.29. The second kappa shape index (κ2) is 6.46. The molecule has 0 unspecified atom stereocenters. The minimum Gasteiger partial charge on any atom is -0.481 e. The van der Waals surface area contributed by atoms with Crippen molar-refractivity contribution < 1.29 is 14.7 Å². The monoisotopic (exact) mass is 282 g/mol. The van der Waals surface area contributed by atoms with Gasteiger partial charge in [0.1, 0.15) is 0 Å². The third-order valence-electron chi connectivity index (χ3n) is 4.72. The van der Waals surface area contributed by atoms with Gasteiger partial charge in [-0.15, -0.1) is 0 Å². The molecule has 0 atom stereocenters. The van der Waals surface area contributed by atoms with Crippen LogP contribution in [0.25, 0.3) is 0 Å². The number of carbonyl (C=O) groups is 2. The molecule has 2 fully saturated rings. The number of carboxylic acid groups (broad SMARTS) is 1. The van der Waals surface area contributed by atoms with Crippen molar-refractivity contribution in [3.8, 4) is 0 Å². The molecular formula is C15H26N2O3. The number of hydrogen-bond acceptors (Lipinski definition) is 2. The Labute approximate surface area is 120 Å². The van der Waals surface area contributed by atoms with E-state index in [1.54, 1.807) is 4.90 Å². The molecule has 2 amide bonds. The summed E-state index contributed by atoms with van der Waals surface area (Å²) >= 11 is 0. The second-order valence-corrected chi connectivity index (χ2v) is 6.29. The van der Waals surface area contributed by atoms with E-state index in [0.29, 0.717) is 32.4 Å². The maximum atomic E-state index is 12.0. The zero-order valence-electron chi connectivity index (χ0n) is 12.4. The van der Waals surface area contributed by atoms with Crippen LogP contribution in [0.15, 0.2) is 0 Å². The van der Waals surface area contributed by atoms with E-state index < -0.39 is 11.4 Å². The molecule has 1 saturated heterocycles. The molecule has 5 nitrogen and oxygen atoms in total. The lowest BCUT2D eigenvalue weighted by Crippen LogP contribution is -2.49. The van der Waals surface area contributed by atoms with Crippen molar-refractivity contribution in [2.24, 2.45) is 11.3 Å². The number of nitrogens with zero attached hydrogens (tertiary/aromatic N) is 1. The summed E-state index contributed by atoms with van der Waals surface area (Å²) in [7, 11) is 0. The predicted octanol–water partition coefficient (Wildman–Crippen LogP) is 2.46. The van der Waals surface area contributed by atoms with E-state index in [1.807, 2.05) is 6.92 Å². The van der Waals surface area contributed by atoms with Gasteiger partial charge < -0.3 is 15.3 Å². The van der Waals surface area contributed by atoms with Gasteiger partial charge in [0.25, 0.3) is 0 Å². The first-order chi connectivity index (χ1) is 9.57. The topological polar surface area (TPSA) is 69.6 Å². The highest BCUT2D eigenvalue weighted by molar-refractivity contribution is 5.77. The molecule has 2 N–H and O–H groups in total. The Morgan fingerprint density at radius 1 is 1.30 bits per heavy atom. The first kappa shape index (κ1) is 15.1. The molecule has 0 aromatic rings. The lowest BCUT2D eigenvalue weighted by Gasteiger charge is -2.38. The Balaban J connectivity index is 1.76. The van der Waals surface area contributed by atoms with E-state index in [-0.39, 0.29) is 6.03 Å². The van der Waals surface area contributed by atoms with Gasteiger partial charge in [-0.1, -0.05) is 26.2 Å². The fourth-order valence-electron chi connectivity index (χ4n) is 3.09. The molecule has 0 aromatic heterocycles. The molecule has 2 rings (SSSR count). The van der Waals surface area contributed by atoms with Crippen LogP contribution in [0, 0.1) is 11.3 Å². The molecule has 1 aliphatic heterocycles.